The SMILES string of the molecule is CC(C)n1ccnc(OC2CCCCC2N)c1=O. The maximum Gasteiger partial charge on any atom is 0.313 e. The van der Waals surface area contributed by atoms with Crippen LogP contribution < -0.4 is 16.0 Å². The molecule has 0 bridgehead atoms. The molecule has 5 heteroatoms. The largest absolute Gasteiger partial charge is 0.469 e. The Kier molecular flexibility index (Phi) is 4.01. The van der Waals surface area contributed by atoms with Crippen LogP contribution in [0.3, 0.4) is 0 Å². The van der Waals surface area contributed by atoms with Crippen molar-refractivity contribution in [2.75, 3.05) is 0 Å². The standard InChI is InChI=1S/C13H21N3O2/c1-9(2)16-8-7-15-12(13(16)17)18-11-6-4-3-5-10(11)14/h7-11H,3-6,14H2,1-2H3. The van der Waals surface area contributed by atoms with E-state index in [4.69, 9.17) is 10.5 Å². The highest BCUT2D eigenvalue weighted by Crippen LogP contribution is 2.20. The van der Waals surface area contributed by atoms with Crippen LogP contribution in [0.4, 0.5) is 0 Å². The van der Waals surface area contributed by atoms with E-state index >= 15 is 0 Å². The molecule has 2 N–H and O–H groups in total. The molecule has 2 atom stereocenters. The van der Waals surface area contributed by atoms with Gasteiger partial charge in [-0.1, -0.05) is 6.42 Å². The van der Waals surface area contributed by atoms with Gasteiger partial charge >= 0.3 is 5.56 Å². The Hall–Kier alpha value is -1.36. The van der Waals surface area contributed by atoms with Gasteiger partial charge in [0.05, 0.1) is 0 Å². The summed E-state index contributed by atoms with van der Waals surface area (Å²) in [5, 5.41) is 0. The lowest BCUT2D eigenvalue weighted by Crippen LogP contribution is -2.42. The third-order valence-corrected chi connectivity index (χ3v) is 3.41. The molecule has 2 unspecified atom stereocenters. The quantitative estimate of drug-likeness (QED) is 0.883. The fourth-order valence-corrected chi connectivity index (χ4v) is 2.31. The Morgan fingerprint density at radius 2 is 2.17 bits per heavy atom. The van der Waals surface area contributed by atoms with Crippen molar-refractivity contribution in [2.45, 2.75) is 57.7 Å². The lowest BCUT2D eigenvalue weighted by atomic mass is 9.93. The average molecular weight is 251 g/mol. The second-order valence-electron chi connectivity index (χ2n) is 5.14. The molecular weight excluding hydrogens is 230 g/mol. The zero-order valence-corrected chi connectivity index (χ0v) is 11.0. The van der Waals surface area contributed by atoms with Crippen LogP contribution in [0.25, 0.3) is 0 Å². The molecule has 5 nitrogen and oxygen atoms in total. The summed E-state index contributed by atoms with van der Waals surface area (Å²) in [6.45, 7) is 3.91. The number of hydrogen-bond acceptors (Lipinski definition) is 4. The number of rotatable bonds is 3. The summed E-state index contributed by atoms with van der Waals surface area (Å²) in [6.07, 6.45) is 7.30. The first kappa shape index (κ1) is 13.1. The van der Waals surface area contributed by atoms with Gasteiger partial charge in [0.15, 0.2) is 0 Å². The van der Waals surface area contributed by atoms with E-state index in [1.54, 1.807) is 17.0 Å². The van der Waals surface area contributed by atoms with Gasteiger partial charge < -0.3 is 15.0 Å². The number of hydrogen-bond donors (Lipinski definition) is 1. The Balaban J connectivity index is 2.18. The molecular formula is C13H21N3O2. The summed E-state index contributed by atoms with van der Waals surface area (Å²) in [5.74, 6) is 0.175. The lowest BCUT2D eigenvalue weighted by molar-refractivity contribution is 0.123. The van der Waals surface area contributed by atoms with Gasteiger partial charge in [-0.3, -0.25) is 4.79 Å². The molecule has 1 aliphatic rings. The van der Waals surface area contributed by atoms with Crippen molar-refractivity contribution in [1.29, 1.82) is 0 Å². The number of aromatic nitrogens is 2. The van der Waals surface area contributed by atoms with Crippen molar-refractivity contribution in [3.63, 3.8) is 0 Å². The van der Waals surface area contributed by atoms with E-state index < -0.39 is 0 Å². The zero-order valence-electron chi connectivity index (χ0n) is 11.0. The van der Waals surface area contributed by atoms with Crippen LogP contribution in [-0.4, -0.2) is 21.7 Å². The molecule has 100 valence electrons. The Morgan fingerprint density at radius 1 is 1.44 bits per heavy atom. The van der Waals surface area contributed by atoms with Gasteiger partial charge in [0.25, 0.3) is 5.88 Å². The molecule has 1 fully saturated rings. The monoisotopic (exact) mass is 251 g/mol. The van der Waals surface area contributed by atoms with Crippen molar-refractivity contribution in [2.24, 2.45) is 5.73 Å². The molecule has 0 aliphatic heterocycles. The van der Waals surface area contributed by atoms with Gasteiger partial charge in [-0.25, -0.2) is 4.98 Å². The minimum absolute atomic E-state index is 0.00709. The first-order valence-electron chi connectivity index (χ1n) is 6.59. The maximum absolute atomic E-state index is 12.1. The molecule has 2 rings (SSSR count). The second kappa shape index (κ2) is 5.52. The first-order valence-corrected chi connectivity index (χ1v) is 6.59. The summed E-state index contributed by atoms with van der Waals surface area (Å²) >= 11 is 0. The van der Waals surface area contributed by atoms with Crippen LogP contribution in [0.15, 0.2) is 17.2 Å². The molecule has 1 aromatic rings. The number of nitrogens with zero attached hydrogens (tertiary/aromatic N) is 2. The molecule has 0 saturated heterocycles. The van der Waals surface area contributed by atoms with Crippen molar-refractivity contribution in [3.05, 3.63) is 22.7 Å². The minimum Gasteiger partial charge on any atom is -0.469 e. The predicted octanol–water partition coefficient (Wildman–Crippen LogP) is 1.47. The molecule has 18 heavy (non-hydrogen) atoms. The van der Waals surface area contributed by atoms with Crippen LogP contribution in [0.5, 0.6) is 5.88 Å². The van der Waals surface area contributed by atoms with Crippen LogP contribution in [-0.2, 0) is 0 Å². The van der Waals surface area contributed by atoms with E-state index in [-0.39, 0.29) is 29.6 Å². The van der Waals surface area contributed by atoms with E-state index in [9.17, 15) is 4.79 Å². The van der Waals surface area contributed by atoms with E-state index in [0.29, 0.717) is 0 Å². The molecule has 0 radical (unpaired) electrons. The van der Waals surface area contributed by atoms with Crippen molar-refractivity contribution >= 4 is 0 Å². The van der Waals surface area contributed by atoms with Gasteiger partial charge in [0.2, 0.25) is 0 Å². The molecule has 1 saturated carbocycles. The zero-order chi connectivity index (χ0) is 13.1. The smallest absolute Gasteiger partial charge is 0.313 e. The van der Waals surface area contributed by atoms with Crippen LogP contribution in [0, 0.1) is 0 Å². The topological polar surface area (TPSA) is 70.1 Å². The molecule has 1 heterocycles. The molecule has 0 aromatic carbocycles. The average Bonchev–Trinajstić information content (AvgIpc) is 2.34. The van der Waals surface area contributed by atoms with Crippen LogP contribution in [0.2, 0.25) is 0 Å². The summed E-state index contributed by atoms with van der Waals surface area (Å²) in [4.78, 5) is 16.2. The Labute approximate surface area is 107 Å². The molecule has 0 spiro atoms. The molecule has 1 aromatic heterocycles. The highest BCUT2D eigenvalue weighted by Gasteiger charge is 2.25. The van der Waals surface area contributed by atoms with Gasteiger partial charge in [0, 0.05) is 24.5 Å². The third-order valence-electron chi connectivity index (χ3n) is 3.41. The second-order valence-corrected chi connectivity index (χ2v) is 5.14. The molecule has 1 aliphatic carbocycles. The fourth-order valence-electron chi connectivity index (χ4n) is 2.31. The van der Waals surface area contributed by atoms with E-state index in [1.807, 2.05) is 13.8 Å². The van der Waals surface area contributed by atoms with Crippen molar-refractivity contribution in [1.82, 2.24) is 9.55 Å². The highest BCUT2D eigenvalue weighted by molar-refractivity contribution is 5.06. The minimum atomic E-state index is -0.176. The Morgan fingerprint density at radius 3 is 2.83 bits per heavy atom. The van der Waals surface area contributed by atoms with Gasteiger partial charge in [-0.05, 0) is 33.1 Å². The number of nitrogens with two attached hydrogens (primary N) is 1. The van der Waals surface area contributed by atoms with Gasteiger partial charge in [-0.2, -0.15) is 0 Å². The van der Waals surface area contributed by atoms with Gasteiger partial charge in [0.1, 0.15) is 6.10 Å². The fraction of sp³-hybridized carbons (Fsp3) is 0.692. The van der Waals surface area contributed by atoms with Crippen molar-refractivity contribution in [3.8, 4) is 5.88 Å². The van der Waals surface area contributed by atoms with E-state index in [2.05, 4.69) is 4.98 Å². The highest BCUT2D eigenvalue weighted by atomic mass is 16.5. The van der Waals surface area contributed by atoms with E-state index in [1.165, 1.54) is 0 Å². The third kappa shape index (κ3) is 2.72. The maximum atomic E-state index is 12.1. The summed E-state index contributed by atoms with van der Waals surface area (Å²) in [7, 11) is 0. The van der Waals surface area contributed by atoms with Crippen LogP contribution in [0.1, 0.15) is 45.6 Å². The Bertz CT molecular complexity index is 456. The van der Waals surface area contributed by atoms with Gasteiger partial charge in [-0.15, -0.1) is 0 Å². The lowest BCUT2D eigenvalue weighted by Gasteiger charge is -2.28. The molecule has 0 amide bonds. The summed E-state index contributed by atoms with van der Waals surface area (Å²) in [5.41, 5.74) is 5.84. The van der Waals surface area contributed by atoms with Crippen LogP contribution >= 0.6 is 0 Å². The normalized spacial score (nSPS) is 24.2. The predicted molar refractivity (Wildman–Crippen MR) is 69.7 cm³/mol. The number of ether oxygens (including phenoxy) is 1. The van der Waals surface area contributed by atoms with E-state index in [0.717, 1.165) is 25.7 Å². The summed E-state index contributed by atoms with van der Waals surface area (Å²) < 4.78 is 7.34. The first-order chi connectivity index (χ1) is 8.59. The van der Waals surface area contributed by atoms with Crippen molar-refractivity contribution < 1.29 is 4.74 Å². The summed E-state index contributed by atoms with van der Waals surface area (Å²) in [6, 6.07) is 0.107.